The van der Waals surface area contributed by atoms with Crippen LogP contribution >= 0.6 is 0 Å². The molecule has 1 aliphatic heterocycles. The van der Waals surface area contributed by atoms with Crippen LogP contribution in [0.2, 0.25) is 0 Å². The molecule has 1 heterocycles. The zero-order chi connectivity index (χ0) is 14.2. The van der Waals surface area contributed by atoms with Crippen LogP contribution in [0.1, 0.15) is 18.9 Å². The van der Waals surface area contributed by atoms with E-state index in [9.17, 15) is 4.79 Å². The van der Waals surface area contributed by atoms with E-state index in [1.54, 1.807) is 0 Å². The van der Waals surface area contributed by atoms with Gasteiger partial charge >= 0.3 is 5.97 Å². The number of ether oxygens (including phenoxy) is 2. The second-order valence-electron chi connectivity index (χ2n) is 5.20. The molecule has 0 N–H and O–H groups in total. The van der Waals surface area contributed by atoms with Crippen LogP contribution in [0.3, 0.4) is 0 Å². The molecule has 1 fully saturated rings. The van der Waals surface area contributed by atoms with Crippen LogP contribution in [-0.2, 0) is 20.7 Å². The minimum atomic E-state index is -0.116. The van der Waals surface area contributed by atoms with Crippen LogP contribution < -0.4 is 0 Å². The van der Waals surface area contributed by atoms with E-state index in [-0.39, 0.29) is 12.1 Å². The number of rotatable bonds is 6. The van der Waals surface area contributed by atoms with Crippen molar-refractivity contribution in [3.05, 3.63) is 35.9 Å². The van der Waals surface area contributed by atoms with E-state index in [0.29, 0.717) is 6.42 Å². The zero-order valence-corrected chi connectivity index (χ0v) is 12.1. The number of hydrogen-bond donors (Lipinski definition) is 0. The number of morpholine rings is 1. The van der Waals surface area contributed by atoms with Crippen LogP contribution in [0.4, 0.5) is 0 Å². The number of aryl methyl sites for hydroxylation is 1. The summed E-state index contributed by atoms with van der Waals surface area (Å²) in [6.07, 6.45) is 1.12. The highest BCUT2D eigenvalue weighted by Gasteiger charge is 2.16. The Morgan fingerprint density at radius 1 is 1.30 bits per heavy atom. The van der Waals surface area contributed by atoms with Crippen molar-refractivity contribution in [2.24, 2.45) is 0 Å². The van der Waals surface area contributed by atoms with Gasteiger partial charge in [-0.15, -0.1) is 0 Å². The predicted octanol–water partition coefficient (Wildman–Crippen LogP) is 1.88. The SMILES string of the molecule is C[C@H](CN1CCOCC1)OC(=O)CCc1ccccc1. The summed E-state index contributed by atoms with van der Waals surface area (Å²) in [5.74, 6) is -0.116. The molecule has 1 atom stereocenters. The third kappa shape index (κ3) is 5.31. The van der Waals surface area contributed by atoms with Gasteiger partial charge in [-0.3, -0.25) is 9.69 Å². The highest BCUT2D eigenvalue weighted by molar-refractivity contribution is 5.69. The van der Waals surface area contributed by atoms with Gasteiger partial charge < -0.3 is 9.47 Å². The van der Waals surface area contributed by atoms with Crippen LogP contribution in [0.25, 0.3) is 0 Å². The molecule has 4 heteroatoms. The van der Waals surface area contributed by atoms with Crippen molar-refractivity contribution >= 4 is 5.97 Å². The Morgan fingerprint density at radius 3 is 2.70 bits per heavy atom. The molecule has 20 heavy (non-hydrogen) atoms. The largest absolute Gasteiger partial charge is 0.461 e. The quantitative estimate of drug-likeness (QED) is 0.744. The Kier molecular flexibility index (Phi) is 6.02. The van der Waals surface area contributed by atoms with Crippen LogP contribution in [-0.4, -0.2) is 49.8 Å². The summed E-state index contributed by atoms with van der Waals surface area (Å²) in [6, 6.07) is 10.0. The molecule has 0 saturated carbocycles. The summed E-state index contributed by atoms with van der Waals surface area (Å²) < 4.78 is 10.8. The van der Waals surface area contributed by atoms with Crippen molar-refractivity contribution in [1.29, 1.82) is 0 Å². The maximum absolute atomic E-state index is 11.8. The number of carbonyl (C=O) groups excluding carboxylic acids is 1. The number of nitrogens with zero attached hydrogens (tertiary/aromatic N) is 1. The molecule has 0 bridgehead atoms. The number of benzene rings is 1. The minimum absolute atomic E-state index is 0.0589. The Morgan fingerprint density at radius 2 is 2.00 bits per heavy atom. The molecule has 1 aliphatic rings. The lowest BCUT2D eigenvalue weighted by molar-refractivity contribution is -0.149. The summed E-state index contributed by atoms with van der Waals surface area (Å²) in [6.45, 7) is 6.14. The molecule has 0 amide bonds. The predicted molar refractivity (Wildman–Crippen MR) is 77.6 cm³/mol. The van der Waals surface area contributed by atoms with Gasteiger partial charge in [-0.05, 0) is 18.9 Å². The van der Waals surface area contributed by atoms with Crippen molar-refractivity contribution in [1.82, 2.24) is 4.90 Å². The first-order valence-corrected chi connectivity index (χ1v) is 7.27. The van der Waals surface area contributed by atoms with Crippen molar-refractivity contribution in [2.75, 3.05) is 32.8 Å². The van der Waals surface area contributed by atoms with Gasteiger partial charge in [0.25, 0.3) is 0 Å². The summed E-state index contributed by atoms with van der Waals surface area (Å²) >= 11 is 0. The standard InChI is InChI=1S/C16H23NO3/c1-14(13-17-9-11-19-12-10-17)20-16(18)8-7-15-5-3-2-4-6-15/h2-6,14H,7-13H2,1H3/t14-/m1/s1. The average Bonchev–Trinajstić information content (AvgIpc) is 2.47. The smallest absolute Gasteiger partial charge is 0.306 e. The first-order chi connectivity index (χ1) is 9.74. The van der Waals surface area contributed by atoms with Crippen molar-refractivity contribution in [3.63, 3.8) is 0 Å². The Bertz CT molecular complexity index is 401. The molecular formula is C16H23NO3. The van der Waals surface area contributed by atoms with Gasteiger partial charge in [0.1, 0.15) is 6.10 Å². The van der Waals surface area contributed by atoms with Crippen LogP contribution in [0.5, 0.6) is 0 Å². The molecule has 0 unspecified atom stereocenters. The van der Waals surface area contributed by atoms with Gasteiger partial charge in [0.2, 0.25) is 0 Å². The second-order valence-corrected chi connectivity index (χ2v) is 5.20. The minimum Gasteiger partial charge on any atom is -0.461 e. The van der Waals surface area contributed by atoms with Gasteiger partial charge in [0.05, 0.1) is 13.2 Å². The number of esters is 1. The normalized spacial score (nSPS) is 17.6. The molecule has 1 aromatic rings. The molecule has 1 saturated heterocycles. The molecule has 4 nitrogen and oxygen atoms in total. The highest BCUT2D eigenvalue weighted by Crippen LogP contribution is 2.06. The summed E-state index contributed by atoms with van der Waals surface area (Å²) in [4.78, 5) is 14.1. The lowest BCUT2D eigenvalue weighted by Crippen LogP contribution is -2.41. The third-order valence-electron chi connectivity index (χ3n) is 3.41. The maximum Gasteiger partial charge on any atom is 0.306 e. The molecule has 0 spiro atoms. The lowest BCUT2D eigenvalue weighted by Gasteiger charge is -2.28. The lowest BCUT2D eigenvalue weighted by atomic mass is 10.1. The molecule has 1 aromatic carbocycles. The Hall–Kier alpha value is -1.39. The molecule has 0 aliphatic carbocycles. The van der Waals surface area contributed by atoms with E-state index < -0.39 is 0 Å². The summed E-state index contributed by atoms with van der Waals surface area (Å²) in [5.41, 5.74) is 1.17. The average molecular weight is 277 g/mol. The Balaban J connectivity index is 1.65. The fourth-order valence-corrected chi connectivity index (χ4v) is 2.36. The van der Waals surface area contributed by atoms with Gasteiger partial charge in [0, 0.05) is 26.1 Å². The fraction of sp³-hybridized carbons (Fsp3) is 0.562. The van der Waals surface area contributed by atoms with E-state index in [1.807, 2.05) is 37.3 Å². The van der Waals surface area contributed by atoms with Crippen LogP contribution in [0, 0.1) is 0 Å². The molecule has 0 aromatic heterocycles. The summed E-state index contributed by atoms with van der Waals surface area (Å²) in [5, 5.41) is 0. The second kappa shape index (κ2) is 8.02. The van der Waals surface area contributed by atoms with Crippen molar-refractivity contribution in [3.8, 4) is 0 Å². The van der Waals surface area contributed by atoms with Gasteiger partial charge in [-0.25, -0.2) is 0 Å². The molecular weight excluding hydrogens is 254 g/mol. The third-order valence-corrected chi connectivity index (χ3v) is 3.41. The molecule has 110 valence electrons. The molecule has 0 radical (unpaired) electrons. The first-order valence-electron chi connectivity index (χ1n) is 7.27. The van der Waals surface area contributed by atoms with E-state index in [4.69, 9.17) is 9.47 Å². The maximum atomic E-state index is 11.8. The zero-order valence-electron chi connectivity index (χ0n) is 12.1. The molecule has 2 rings (SSSR count). The Labute approximate surface area is 120 Å². The fourth-order valence-electron chi connectivity index (χ4n) is 2.36. The van der Waals surface area contributed by atoms with Gasteiger partial charge in [-0.1, -0.05) is 30.3 Å². The van der Waals surface area contributed by atoms with E-state index in [2.05, 4.69) is 4.90 Å². The van der Waals surface area contributed by atoms with E-state index in [0.717, 1.165) is 39.3 Å². The number of carbonyl (C=O) groups is 1. The highest BCUT2D eigenvalue weighted by atomic mass is 16.5. The summed E-state index contributed by atoms with van der Waals surface area (Å²) in [7, 11) is 0. The van der Waals surface area contributed by atoms with Crippen LogP contribution in [0.15, 0.2) is 30.3 Å². The van der Waals surface area contributed by atoms with Gasteiger partial charge in [-0.2, -0.15) is 0 Å². The van der Waals surface area contributed by atoms with Crippen molar-refractivity contribution < 1.29 is 14.3 Å². The monoisotopic (exact) mass is 277 g/mol. The topological polar surface area (TPSA) is 38.8 Å². The van der Waals surface area contributed by atoms with E-state index in [1.165, 1.54) is 5.56 Å². The van der Waals surface area contributed by atoms with Gasteiger partial charge in [0.15, 0.2) is 0 Å². The van der Waals surface area contributed by atoms with Crippen molar-refractivity contribution in [2.45, 2.75) is 25.9 Å². The first kappa shape index (κ1) is 15.0. The number of hydrogen-bond acceptors (Lipinski definition) is 4. The van der Waals surface area contributed by atoms with E-state index >= 15 is 0 Å².